The average molecular weight is 529 g/mol. The van der Waals surface area contributed by atoms with E-state index in [1.54, 1.807) is 43.2 Å². The molecule has 0 spiro atoms. The molecule has 9 nitrogen and oxygen atoms in total. The zero-order valence-corrected chi connectivity index (χ0v) is 22.1. The van der Waals surface area contributed by atoms with E-state index in [1.165, 1.54) is 5.70 Å². The van der Waals surface area contributed by atoms with Gasteiger partial charge < -0.3 is 24.3 Å². The Bertz CT molecular complexity index is 1260. The summed E-state index contributed by atoms with van der Waals surface area (Å²) in [6.07, 6.45) is 3.10. The maximum atomic E-state index is 14.4. The van der Waals surface area contributed by atoms with Gasteiger partial charge in [0.05, 0.1) is 18.4 Å². The molecule has 1 aromatic carbocycles. The van der Waals surface area contributed by atoms with Crippen molar-refractivity contribution in [2.24, 2.45) is 7.05 Å². The summed E-state index contributed by atoms with van der Waals surface area (Å²) < 4.78 is 42.1. The van der Waals surface area contributed by atoms with Crippen molar-refractivity contribution >= 4 is 11.6 Å². The Morgan fingerprint density at radius 3 is 2.61 bits per heavy atom. The number of carbonyl (C=O) groups excluding carboxylic acids is 1. The minimum atomic E-state index is -2.66. The molecule has 0 aliphatic carbocycles. The van der Waals surface area contributed by atoms with Crippen LogP contribution in [0.25, 0.3) is 11.1 Å². The van der Waals surface area contributed by atoms with Crippen LogP contribution in [0.15, 0.2) is 35.8 Å². The van der Waals surface area contributed by atoms with E-state index in [-0.39, 0.29) is 17.6 Å². The topological polar surface area (TPSA) is 66.3 Å². The summed E-state index contributed by atoms with van der Waals surface area (Å²) >= 11 is 0. The van der Waals surface area contributed by atoms with Crippen molar-refractivity contribution in [1.29, 1.82) is 0 Å². The predicted octanol–water partition coefficient (Wildman–Crippen LogP) is 3.40. The molecule has 4 aliphatic rings. The monoisotopic (exact) mass is 528 g/mol. The summed E-state index contributed by atoms with van der Waals surface area (Å²) in [5.41, 5.74) is 4.07. The van der Waals surface area contributed by atoms with Gasteiger partial charge >= 0.3 is 0 Å². The largest absolute Gasteiger partial charge is 0.490 e. The van der Waals surface area contributed by atoms with Crippen LogP contribution < -0.4 is 9.64 Å². The average Bonchev–Trinajstić information content (AvgIpc) is 3.47. The molecular weight excluding hydrogens is 494 g/mol. The van der Waals surface area contributed by atoms with Crippen molar-refractivity contribution in [3.63, 3.8) is 0 Å². The molecule has 1 fully saturated rings. The summed E-state index contributed by atoms with van der Waals surface area (Å²) in [5, 5.41) is 8.82. The highest BCUT2D eigenvalue weighted by Gasteiger charge is 2.46. The van der Waals surface area contributed by atoms with Crippen molar-refractivity contribution in [2.75, 3.05) is 51.4 Å². The fourth-order valence-electron chi connectivity index (χ4n) is 6.41. The number of alkyl halides is 2. The van der Waals surface area contributed by atoms with Crippen LogP contribution >= 0.6 is 0 Å². The first kappa shape index (κ1) is 25.1. The van der Waals surface area contributed by atoms with Gasteiger partial charge in [0.15, 0.2) is 0 Å². The van der Waals surface area contributed by atoms with Gasteiger partial charge in [0.25, 0.3) is 6.43 Å². The fraction of sp³-hybridized carbons (Fsp3) is 0.556. The molecule has 38 heavy (non-hydrogen) atoms. The fourth-order valence-corrected chi connectivity index (χ4v) is 6.41. The number of nitrogens with zero attached hydrogens (tertiary/aromatic N) is 6. The number of benzene rings is 1. The molecule has 4 aliphatic heterocycles. The van der Waals surface area contributed by atoms with Gasteiger partial charge in [-0.15, -0.1) is 0 Å². The molecule has 1 aromatic heterocycles. The zero-order valence-electron chi connectivity index (χ0n) is 22.1. The molecule has 0 saturated carbocycles. The number of hydrazine groups is 1. The lowest BCUT2D eigenvalue weighted by Crippen LogP contribution is -2.55. The summed E-state index contributed by atoms with van der Waals surface area (Å²) in [5.74, 6) is 0.629. The van der Waals surface area contributed by atoms with Crippen molar-refractivity contribution < 1.29 is 23.0 Å². The number of halogens is 2. The van der Waals surface area contributed by atoms with Crippen molar-refractivity contribution in [2.45, 2.75) is 44.8 Å². The predicted molar refractivity (Wildman–Crippen MR) is 138 cm³/mol. The molecular formula is C27H34F2N6O3. The lowest BCUT2D eigenvalue weighted by molar-refractivity contribution is -0.128. The molecule has 1 unspecified atom stereocenters. The van der Waals surface area contributed by atoms with E-state index in [0.29, 0.717) is 54.8 Å². The standard InChI is InChI=1S/C27H34F2N6O3/c1-17(36)33-7-4-23-22(16-33)27(32(3)35(23)19-5-9-37-10-6-19)34-8-11-38-25-13-20(18-14-30-31(2)15-18)21(26(28)29)12-24(25)34/h12-15,19,26-27H,4-11,16H2,1-3H3. The second kappa shape index (κ2) is 9.85. The highest BCUT2D eigenvalue weighted by atomic mass is 19.3. The minimum Gasteiger partial charge on any atom is -0.490 e. The molecule has 1 amide bonds. The Hall–Kier alpha value is -3.18. The number of likely N-dealkylation sites (N-methyl/N-ethyl adjacent to an activating group) is 1. The summed E-state index contributed by atoms with van der Waals surface area (Å²) in [6.45, 7) is 5.24. The van der Waals surface area contributed by atoms with Crippen molar-refractivity contribution in [3.05, 3.63) is 41.4 Å². The molecule has 11 heteroatoms. The molecule has 5 heterocycles. The van der Waals surface area contributed by atoms with Crippen LogP contribution in [-0.4, -0.2) is 89.3 Å². The Balaban J connectivity index is 1.43. The van der Waals surface area contributed by atoms with Crippen LogP contribution in [0.2, 0.25) is 0 Å². The number of amides is 1. The minimum absolute atomic E-state index is 0.0441. The van der Waals surface area contributed by atoms with Gasteiger partial charge in [-0.2, -0.15) is 10.1 Å². The lowest BCUT2D eigenvalue weighted by Gasteiger charge is -2.44. The number of hydrogen-bond donors (Lipinski definition) is 0. The number of ether oxygens (including phenoxy) is 2. The van der Waals surface area contributed by atoms with Gasteiger partial charge in [-0.05, 0) is 30.5 Å². The number of aromatic nitrogens is 2. The van der Waals surface area contributed by atoms with Gasteiger partial charge in [0.1, 0.15) is 18.5 Å². The number of anilines is 1. The highest BCUT2D eigenvalue weighted by molar-refractivity contribution is 5.76. The number of carbonyl (C=O) groups is 1. The second-order valence-electron chi connectivity index (χ2n) is 10.5. The first-order valence-electron chi connectivity index (χ1n) is 13.2. The smallest absolute Gasteiger partial charge is 0.264 e. The Morgan fingerprint density at radius 1 is 1.13 bits per heavy atom. The van der Waals surface area contributed by atoms with Gasteiger partial charge in [-0.1, -0.05) is 0 Å². The molecule has 1 atom stereocenters. The first-order chi connectivity index (χ1) is 18.3. The molecule has 0 bridgehead atoms. The van der Waals surface area contributed by atoms with Gasteiger partial charge in [-0.25, -0.2) is 8.78 Å². The van der Waals surface area contributed by atoms with E-state index in [4.69, 9.17) is 9.47 Å². The van der Waals surface area contributed by atoms with E-state index in [9.17, 15) is 13.6 Å². The van der Waals surface area contributed by atoms with Crippen LogP contribution in [0.4, 0.5) is 14.5 Å². The van der Waals surface area contributed by atoms with E-state index >= 15 is 0 Å². The summed E-state index contributed by atoms with van der Waals surface area (Å²) in [6, 6.07) is 3.61. The molecule has 0 N–H and O–H groups in total. The van der Waals surface area contributed by atoms with Gasteiger partial charge in [0, 0.05) is 88.4 Å². The second-order valence-corrected chi connectivity index (χ2v) is 10.5. The summed E-state index contributed by atoms with van der Waals surface area (Å²) in [4.78, 5) is 16.4. The Labute approximate surface area is 221 Å². The lowest BCUT2D eigenvalue weighted by atomic mass is 9.98. The number of fused-ring (bicyclic) bond motifs is 1. The third kappa shape index (κ3) is 4.21. The van der Waals surface area contributed by atoms with Crippen LogP contribution in [0.5, 0.6) is 5.75 Å². The summed E-state index contributed by atoms with van der Waals surface area (Å²) in [7, 11) is 3.84. The van der Waals surface area contributed by atoms with Crippen LogP contribution in [0.1, 0.15) is 38.2 Å². The maximum absolute atomic E-state index is 14.4. The van der Waals surface area contributed by atoms with Crippen LogP contribution in [-0.2, 0) is 16.6 Å². The number of aryl methyl sites for hydroxylation is 1. The molecule has 0 radical (unpaired) electrons. The number of hydrogen-bond acceptors (Lipinski definition) is 7. The Morgan fingerprint density at radius 2 is 1.92 bits per heavy atom. The third-order valence-corrected chi connectivity index (χ3v) is 8.19. The third-order valence-electron chi connectivity index (χ3n) is 8.19. The number of rotatable bonds is 4. The molecule has 2 aromatic rings. The molecule has 1 saturated heterocycles. The van der Waals surface area contributed by atoms with Crippen LogP contribution in [0.3, 0.4) is 0 Å². The Kier molecular flexibility index (Phi) is 6.51. The van der Waals surface area contributed by atoms with Gasteiger partial charge in [0.2, 0.25) is 5.91 Å². The van der Waals surface area contributed by atoms with E-state index in [0.717, 1.165) is 38.0 Å². The SMILES string of the molecule is CC(=O)N1CCC2=C(C1)C(N1CCOc3cc(-c4cnn(C)c4)c(C(F)F)cc31)N(C)N2C1CCOCC1. The van der Waals surface area contributed by atoms with Crippen LogP contribution in [0, 0.1) is 0 Å². The molecule has 204 valence electrons. The van der Waals surface area contributed by atoms with Crippen molar-refractivity contribution in [3.8, 4) is 16.9 Å². The van der Waals surface area contributed by atoms with Crippen molar-refractivity contribution in [1.82, 2.24) is 24.7 Å². The van der Waals surface area contributed by atoms with Gasteiger partial charge in [-0.3, -0.25) is 9.48 Å². The zero-order chi connectivity index (χ0) is 26.6. The van der Waals surface area contributed by atoms with E-state index in [1.807, 2.05) is 4.90 Å². The highest BCUT2D eigenvalue weighted by Crippen LogP contribution is 2.46. The normalized spacial score (nSPS) is 22.7. The quantitative estimate of drug-likeness (QED) is 0.603. The first-order valence-corrected chi connectivity index (χ1v) is 13.2. The van der Waals surface area contributed by atoms with E-state index in [2.05, 4.69) is 27.1 Å². The van der Waals surface area contributed by atoms with E-state index < -0.39 is 6.43 Å². The maximum Gasteiger partial charge on any atom is 0.264 e. The molecule has 6 rings (SSSR count).